The zero-order valence-corrected chi connectivity index (χ0v) is 10.2. The summed E-state index contributed by atoms with van der Waals surface area (Å²) in [6.07, 6.45) is 0.811. The maximum atomic E-state index is 13.6. The standard InChI is InChI=1S/C12H20FNO2/c1-12(2,3)16-11(15)14-6-8-4-5-9(7-14)10(8)13/h8-10H,4-7H2,1-3H3. The molecule has 0 aromatic carbocycles. The monoisotopic (exact) mass is 229 g/mol. The predicted molar refractivity (Wildman–Crippen MR) is 58.9 cm³/mol. The maximum absolute atomic E-state index is 13.6. The van der Waals surface area contributed by atoms with E-state index < -0.39 is 11.8 Å². The second-order valence-electron chi connectivity index (χ2n) is 5.93. The summed E-state index contributed by atoms with van der Waals surface area (Å²) in [7, 11) is 0. The second kappa shape index (κ2) is 3.90. The van der Waals surface area contributed by atoms with Crippen LogP contribution < -0.4 is 0 Å². The van der Waals surface area contributed by atoms with Crippen molar-refractivity contribution in [2.24, 2.45) is 11.8 Å². The number of piperidine rings is 1. The van der Waals surface area contributed by atoms with E-state index in [-0.39, 0.29) is 17.9 Å². The number of amides is 1. The van der Waals surface area contributed by atoms with Crippen LogP contribution >= 0.6 is 0 Å². The van der Waals surface area contributed by atoms with Gasteiger partial charge in [0, 0.05) is 24.9 Å². The summed E-state index contributed by atoms with van der Waals surface area (Å²) in [5.41, 5.74) is -0.470. The Morgan fingerprint density at radius 2 is 1.75 bits per heavy atom. The molecular weight excluding hydrogens is 209 g/mol. The van der Waals surface area contributed by atoms with Gasteiger partial charge in [0.15, 0.2) is 0 Å². The van der Waals surface area contributed by atoms with E-state index in [1.165, 1.54) is 0 Å². The van der Waals surface area contributed by atoms with Gasteiger partial charge < -0.3 is 9.64 Å². The van der Waals surface area contributed by atoms with Crippen molar-refractivity contribution in [3.05, 3.63) is 0 Å². The van der Waals surface area contributed by atoms with Crippen molar-refractivity contribution in [1.29, 1.82) is 0 Å². The minimum absolute atomic E-state index is 0.0336. The number of carbonyl (C=O) groups excluding carboxylic acids is 1. The molecule has 2 rings (SSSR count). The first-order valence-electron chi connectivity index (χ1n) is 5.99. The average Bonchev–Trinajstić information content (AvgIpc) is 2.38. The highest BCUT2D eigenvalue weighted by atomic mass is 19.1. The largest absolute Gasteiger partial charge is 0.444 e. The molecule has 0 radical (unpaired) electrons. The summed E-state index contributed by atoms with van der Waals surface area (Å²) in [6, 6.07) is 0. The molecule has 1 saturated carbocycles. The molecule has 0 aromatic rings. The molecule has 2 unspecified atom stereocenters. The normalized spacial score (nSPS) is 34.0. The van der Waals surface area contributed by atoms with Crippen LogP contribution in [0.15, 0.2) is 0 Å². The Balaban J connectivity index is 1.95. The van der Waals surface area contributed by atoms with Crippen LogP contribution in [0, 0.1) is 11.8 Å². The number of ether oxygens (including phenoxy) is 1. The number of halogens is 1. The Morgan fingerprint density at radius 3 is 2.19 bits per heavy atom. The Bertz CT molecular complexity index is 273. The molecule has 1 heterocycles. The van der Waals surface area contributed by atoms with Crippen LogP contribution in [0.25, 0.3) is 0 Å². The van der Waals surface area contributed by atoms with E-state index in [0.717, 1.165) is 12.8 Å². The molecule has 2 bridgehead atoms. The molecule has 0 N–H and O–H groups in total. The van der Waals surface area contributed by atoms with Gasteiger partial charge in [-0.25, -0.2) is 9.18 Å². The molecule has 1 aliphatic carbocycles. The first-order valence-corrected chi connectivity index (χ1v) is 5.99. The fourth-order valence-corrected chi connectivity index (χ4v) is 2.63. The van der Waals surface area contributed by atoms with Gasteiger partial charge in [-0.15, -0.1) is 0 Å². The molecule has 0 spiro atoms. The molecule has 2 aliphatic rings. The van der Waals surface area contributed by atoms with E-state index in [9.17, 15) is 9.18 Å². The molecule has 1 amide bonds. The lowest BCUT2D eigenvalue weighted by atomic mass is 9.97. The molecule has 0 aromatic heterocycles. The number of hydrogen-bond donors (Lipinski definition) is 0. The lowest BCUT2D eigenvalue weighted by molar-refractivity contribution is 0.00399. The van der Waals surface area contributed by atoms with Crippen molar-refractivity contribution >= 4 is 6.09 Å². The molecule has 2 fully saturated rings. The lowest BCUT2D eigenvalue weighted by Gasteiger charge is -2.35. The van der Waals surface area contributed by atoms with Gasteiger partial charge in [0.25, 0.3) is 0 Å². The maximum Gasteiger partial charge on any atom is 0.410 e. The van der Waals surface area contributed by atoms with Gasteiger partial charge in [-0.05, 0) is 33.6 Å². The first-order chi connectivity index (χ1) is 7.37. The summed E-state index contributed by atoms with van der Waals surface area (Å²) in [4.78, 5) is 13.5. The third-order valence-corrected chi connectivity index (χ3v) is 3.37. The van der Waals surface area contributed by atoms with Gasteiger partial charge in [-0.1, -0.05) is 0 Å². The zero-order chi connectivity index (χ0) is 11.9. The molecule has 16 heavy (non-hydrogen) atoms. The van der Waals surface area contributed by atoms with Crippen LogP contribution in [0.4, 0.5) is 9.18 Å². The molecule has 1 saturated heterocycles. The van der Waals surface area contributed by atoms with Crippen LogP contribution in [0.5, 0.6) is 0 Å². The third-order valence-electron chi connectivity index (χ3n) is 3.37. The number of rotatable bonds is 0. The van der Waals surface area contributed by atoms with E-state index in [0.29, 0.717) is 13.1 Å². The van der Waals surface area contributed by atoms with Gasteiger partial charge in [0.2, 0.25) is 0 Å². The summed E-state index contributed by atoms with van der Waals surface area (Å²) >= 11 is 0. The number of alkyl halides is 1. The van der Waals surface area contributed by atoms with Crippen molar-refractivity contribution < 1.29 is 13.9 Å². The van der Waals surface area contributed by atoms with E-state index in [1.54, 1.807) is 4.90 Å². The highest BCUT2D eigenvalue weighted by Crippen LogP contribution is 2.39. The SMILES string of the molecule is CC(C)(C)OC(=O)N1CC2CCC(C1)C2F. The second-order valence-corrected chi connectivity index (χ2v) is 5.93. The van der Waals surface area contributed by atoms with Crippen molar-refractivity contribution in [1.82, 2.24) is 4.90 Å². The van der Waals surface area contributed by atoms with Gasteiger partial charge in [0.05, 0.1) is 0 Å². The molecule has 2 atom stereocenters. The van der Waals surface area contributed by atoms with Crippen LogP contribution in [-0.4, -0.2) is 35.9 Å². The number of nitrogens with zero attached hydrogens (tertiary/aromatic N) is 1. The third kappa shape index (κ3) is 2.30. The van der Waals surface area contributed by atoms with Crippen LogP contribution in [0.3, 0.4) is 0 Å². The number of hydrogen-bond acceptors (Lipinski definition) is 2. The van der Waals surface area contributed by atoms with E-state index in [2.05, 4.69) is 0 Å². The fraction of sp³-hybridized carbons (Fsp3) is 0.917. The molecule has 3 nitrogen and oxygen atoms in total. The van der Waals surface area contributed by atoms with Crippen molar-refractivity contribution in [2.45, 2.75) is 45.4 Å². The summed E-state index contributed by atoms with van der Waals surface area (Å²) in [6.45, 7) is 6.59. The average molecular weight is 229 g/mol. The van der Waals surface area contributed by atoms with Crippen LogP contribution in [0.1, 0.15) is 33.6 Å². The highest BCUT2D eigenvalue weighted by molar-refractivity contribution is 5.68. The van der Waals surface area contributed by atoms with Crippen LogP contribution in [-0.2, 0) is 4.74 Å². The topological polar surface area (TPSA) is 29.5 Å². The first kappa shape index (κ1) is 11.7. The Hall–Kier alpha value is -0.800. The van der Waals surface area contributed by atoms with Crippen LogP contribution in [0.2, 0.25) is 0 Å². The van der Waals surface area contributed by atoms with Crippen molar-refractivity contribution in [3.8, 4) is 0 Å². The minimum atomic E-state index is -0.710. The zero-order valence-electron chi connectivity index (χ0n) is 10.2. The molecular formula is C12H20FNO2. The number of likely N-dealkylation sites (tertiary alicyclic amines) is 1. The number of carbonyl (C=O) groups is 1. The Kier molecular flexibility index (Phi) is 2.84. The van der Waals surface area contributed by atoms with Crippen molar-refractivity contribution in [3.63, 3.8) is 0 Å². The summed E-state index contributed by atoms with van der Waals surface area (Å²) in [5, 5.41) is 0. The molecule has 1 aliphatic heterocycles. The van der Waals surface area contributed by atoms with E-state index in [1.807, 2.05) is 20.8 Å². The van der Waals surface area contributed by atoms with Gasteiger partial charge in [0.1, 0.15) is 11.8 Å². The van der Waals surface area contributed by atoms with Gasteiger partial charge in [-0.3, -0.25) is 0 Å². The molecule has 4 heteroatoms. The smallest absolute Gasteiger partial charge is 0.410 e. The summed E-state index contributed by atoms with van der Waals surface area (Å²) < 4.78 is 18.9. The Labute approximate surface area is 95.9 Å². The number of fused-ring (bicyclic) bond motifs is 2. The van der Waals surface area contributed by atoms with E-state index >= 15 is 0 Å². The van der Waals surface area contributed by atoms with Crippen molar-refractivity contribution in [2.75, 3.05) is 13.1 Å². The summed E-state index contributed by atoms with van der Waals surface area (Å²) in [5.74, 6) is 0.0672. The van der Waals surface area contributed by atoms with Gasteiger partial charge in [-0.2, -0.15) is 0 Å². The Morgan fingerprint density at radius 1 is 1.25 bits per heavy atom. The highest BCUT2D eigenvalue weighted by Gasteiger charge is 2.44. The molecule has 92 valence electrons. The fourth-order valence-electron chi connectivity index (χ4n) is 2.63. The lowest BCUT2D eigenvalue weighted by Crippen LogP contribution is -2.47. The minimum Gasteiger partial charge on any atom is -0.444 e. The van der Waals surface area contributed by atoms with E-state index in [4.69, 9.17) is 4.74 Å². The quantitative estimate of drug-likeness (QED) is 0.639. The van der Waals surface area contributed by atoms with Gasteiger partial charge >= 0.3 is 6.09 Å². The predicted octanol–water partition coefficient (Wildman–Crippen LogP) is 2.60.